The maximum absolute atomic E-state index is 15.3. The molecule has 0 bridgehead atoms. The SMILES string of the molecule is CCC[CH2][Sn]([CH2]CCC)([C](=O)/C(=C/c1cccc(F)c1)c1ccc(Cl)cc1)[C](=O)/C(=C/c1cccc(F)c1)c1ccc(Cl)cc1. The Bertz CT molecular complexity index is 1570. The zero-order valence-electron chi connectivity index (χ0n) is 25.5. The first kappa shape index (κ1) is 34.8. The Morgan fingerprint density at radius 1 is 0.622 bits per heavy atom. The van der Waals surface area contributed by atoms with Crippen LogP contribution in [0, 0.1) is 11.6 Å². The molecule has 0 heterocycles. The summed E-state index contributed by atoms with van der Waals surface area (Å²) in [6, 6.07) is 26.1. The van der Waals surface area contributed by atoms with Gasteiger partial charge in [0.1, 0.15) is 0 Å². The molecule has 0 N–H and O–H groups in total. The van der Waals surface area contributed by atoms with Gasteiger partial charge in [-0.25, -0.2) is 0 Å². The molecule has 0 saturated carbocycles. The summed E-state index contributed by atoms with van der Waals surface area (Å²) < 4.78 is 29.4. The zero-order chi connectivity index (χ0) is 32.4. The number of hydrogen-bond donors (Lipinski definition) is 0. The second-order valence-corrected chi connectivity index (χ2v) is 23.7. The van der Waals surface area contributed by atoms with Gasteiger partial charge in [-0.2, -0.15) is 0 Å². The topological polar surface area (TPSA) is 34.1 Å². The Kier molecular flexibility index (Phi) is 12.8. The molecular weight excluding hydrogens is 716 g/mol. The van der Waals surface area contributed by atoms with Gasteiger partial charge in [-0.3, -0.25) is 0 Å². The second kappa shape index (κ2) is 16.5. The molecule has 0 aliphatic rings. The molecule has 0 saturated heterocycles. The molecule has 4 aromatic rings. The van der Waals surface area contributed by atoms with Crippen molar-refractivity contribution >= 4 is 72.5 Å². The van der Waals surface area contributed by atoms with Crippen LogP contribution in [0.5, 0.6) is 0 Å². The van der Waals surface area contributed by atoms with Gasteiger partial charge in [0.25, 0.3) is 0 Å². The van der Waals surface area contributed by atoms with Gasteiger partial charge in [-0.05, 0) is 0 Å². The number of benzene rings is 4. The molecule has 0 aliphatic heterocycles. The number of carbonyl (C=O) groups is 2. The van der Waals surface area contributed by atoms with E-state index in [-0.39, 0.29) is 7.60 Å². The third-order valence-corrected chi connectivity index (χ3v) is 21.8. The predicted octanol–water partition coefficient (Wildman–Crippen LogP) is 11.3. The molecule has 4 aromatic carbocycles. The van der Waals surface area contributed by atoms with Gasteiger partial charge < -0.3 is 0 Å². The van der Waals surface area contributed by atoms with Crippen LogP contribution in [0.15, 0.2) is 97.1 Å². The number of unbranched alkanes of at least 4 members (excludes halogenated alkanes) is 2. The van der Waals surface area contributed by atoms with Crippen molar-refractivity contribution in [3.8, 4) is 0 Å². The molecular formula is C38H36Cl2F2O2Sn. The molecule has 45 heavy (non-hydrogen) atoms. The average molecular weight is 752 g/mol. The molecule has 0 amide bonds. The minimum atomic E-state index is -4.65. The molecule has 4 rings (SSSR count). The molecule has 0 spiro atoms. The third kappa shape index (κ3) is 9.02. The normalized spacial score (nSPS) is 12.3. The predicted molar refractivity (Wildman–Crippen MR) is 187 cm³/mol. The van der Waals surface area contributed by atoms with E-state index in [1.165, 1.54) is 24.3 Å². The van der Waals surface area contributed by atoms with Crippen LogP contribution in [-0.2, 0) is 9.59 Å². The van der Waals surface area contributed by atoms with E-state index in [2.05, 4.69) is 13.8 Å². The van der Waals surface area contributed by atoms with Gasteiger partial charge in [0, 0.05) is 0 Å². The summed E-state index contributed by atoms with van der Waals surface area (Å²) in [6.07, 6.45) is 6.48. The molecule has 0 aliphatic carbocycles. The molecule has 232 valence electrons. The van der Waals surface area contributed by atoms with Crippen molar-refractivity contribution in [2.45, 2.75) is 48.4 Å². The van der Waals surface area contributed by atoms with Crippen molar-refractivity contribution in [1.82, 2.24) is 0 Å². The van der Waals surface area contributed by atoms with Crippen LogP contribution in [-0.4, -0.2) is 26.0 Å². The van der Waals surface area contributed by atoms with Crippen molar-refractivity contribution in [2.24, 2.45) is 0 Å². The number of halogens is 4. The van der Waals surface area contributed by atoms with Gasteiger partial charge in [-0.1, -0.05) is 0 Å². The Labute approximate surface area is 278 Å². The van der Waals surface area contributed by atoms with Crippen LogP contribution in [0.25, 0.3) is 23.3 Å². The van der Waals surface area contributed by atoms with Crippen LogP contribution in [0.2, 0.25) is 18.9 Å². The van der Waals surface area contributed by atoms with Gasteiger partial charge in [0.05, 0.1) is 0 Å². The summed E-state index contributed by atoms with van der Waals surface area (Å²) in [5.41, 5.74) is 3.07. The maximum atomic E-state index is 15.3. The van der Waals surface area contributed by atoms with Gasteiger partial charge in [0.2, 0.25) is 0 Å². The van der Waals surface area contributed by atoms with E-state index < -0.39 is 30.0 Å². The molecule has 0 atom stereocenters. The fourth-order valence-corrected chi connectivity index (χ4v) is 19.3. The first-order chi connectivity index (χ1) is 21.7. The molecule has 0 aromatic heterocycles. The molecule has 0 radical (unpaired) electrons. The number of hydrogen-bond acceptors (Lipinski definition) is 2. The Morgan fingerprint density at radius 2 is 1.00 bits per heavy atom. The first-order valence-corrected chi connectivity index (χ1v) is 22.9. The van der Waals surface area contributed by atoms with Gasteiger partial charge in [-0.15, -0.1) is 0 Å². The van der Waals surface area contributed by atoms with Gasteiger partial charge in [0.15, 0.2) is 0 Å². The molecule has 0 fully saturated rings. The minimum absolute atomic E-state index is 0.137. The van der Waals surface area contributed by atoms with Crippen molar-refractivity contribution in [3.05, 3.63) is 141 Å². The zero-order valence-corrected chi connectivity index (χ0v) is 29.8. The quantitative estimate of drug-likeness (QED) is 0.0730. The number of allylic oxidation sites excluding steroid dienone is 2. The van der Waals surface area contributed by atoms with E-state index in [9.17, 15) is 8.78 Å². The van der Waals surface area contributed by atoms with E-state index >= 15 is 9.59 Å². The first-order valence-electron chi connectivity index (χ1n) is 15.2. The van der Waals surface area contributed by atoms with Crippen LogP contribution in [0.1, 0.15) is 61.8 Å². The Hall–Kier alpha value is -3.06. The molecule has 7 heteroatoms. The van der Waals surface area contributed by atoms with Crippen molar-refractivity contribution in [2.75, 3.05) is 0 Å². The molecule has 2 nitrogen and oxygen atoms in total. The summed E-state index contributed by atoms with van der Waals surface area (Å²) in [5.74, 6) is -0.838. The summed E-state index contributed by atoms with van der Waals surface area (Å²) >= 11 is 7.80. The van der Waals surface area contributed by atoms with E-state index in [0.717, 1.165) is 25.7 Å². The monoisotopic (exact) mass is 752 g/mol. The van der Waals surface area contributed by atoms with Crippen molar-refractivity contribution < 1.29 is 18.4 Å². The van der Waals surface area contributed by atoms with Crippen molar-refractivity contribution in [1.29, 1.82) is 0 Å². The van der Waals surface area contributed by atoms with Crippen LogP contribution in [0.4, 0.5) is 8.78 Å². The van der Waals surface area contributed by atoms with E-state index in [4.69, 9.17) is 23.2 Å². The Morgan fingerprint density at radius 3 is 1.33 bits per heavy atom. The number of carbonyl (C=O) groups excluding carboxylic acids is 2. The standard InChI is InChI=1S/2C15H9ClFO.2C4H9.Sn/c2*16-14-6-4-12(5-7-14)13(10-18)8-11-2-1-3-15(17)9-11;2*1-3-4-2;/h2*1-9H;2*1,3-4H2,2H3;/b2*13-8-;;;. The van der Waals surface area contributed by atoms with Crippen LogP contribution < -0.4 is 0 Å². The summed E-state index contributed by atoms with van der Waals surface area (Å²) in [6.45, 7) is 4.10. The van der Waals surface area contributed by atoms with E-state index in [0.29, 0.717) is 52.3 Å². The van der Waals surface area contributed by atoms with Crippen LogP contribution >= 0.6 is 23.2 Å². The summed E-state index contributed by atoms with van der Waals surface area (Å²) in [7, 11) is 0. The fourth-order valence-electron chi connectivity index (χ4n) is 5.50. The second-order valence-electron chi connectivity index (χ2n) is 11.2. The van der Waals surface area contributed by atoms with E-state index in [1.54, 1.807) is 84.9 Å². The van der Waals surface area contributed by atoms with Crippen LogP contribution in [0.3, 0.4) is 0 Å². The average Bonchev–Trinajstić information content (AvgIpc) is 3.03. The third-order valence-electron chi connectivity index (χ3n) is 7.90. The molecule has 0 unspecified atom stereocenters. The Balaban J connectivity index is 1.99. The fraction of sp³-hybridized carbons (Fsp3) is 0.211. The van der Waals surface area contributed by atoms with E-state index in [1.807, 2.05) is 0 Å². The van der Waals surface area contributed by atoms with Gasteiger partial charge >= 0.3 is 280 Å². The summed E-state index contributed by atoms with van der Waals surface area (Å²) in [4.78, 5) is 30.5. The van der Waals surface area contributed by atoms with Crippen molar-refractivity contribution in [3.63, 3.8) is 0 Å². The summed E-state index contributed by atoms with van der Waals surface area (Å²) in [5, 5.41) is 1.03. The number of rotatable bonds is 14.